The van der Waals surface area contributed by atoms with Gasteiger partial charge in [0.1, 0.15) is 0 Å². The van der Waals surface area contributed by atoms with E-state index in [0.29, 0.717) is 0 Å². The standard InChI is InChI=1S/C10H17NO/c1-4-10(2,3)9(12)11-7-5-6-8-11/h4H,1,5-8H2,2-3H3. The Morgan fingerprint density at radius 2 is 1.92 bits per heavy atom. The van der Waals surface area contributed by atoms with Crippen LogP contribution in [0.25, 0.3) is 0 Å². The maximum Gasteiger partial charge on any atom is 0.232 e. The minimum Gasteiger partial charge on any atom is -0.342 e. The molecule has 0 N–H and O–H groups in total. The van der Waals surface area contributed by atoms with Gasteiger partial charge in [0.05, 0.1) is 5.41 Å². The average molecular weight is 167 g/mol. The van der Waals surface area contributed by atoms with E-state index in [-0.39, 0.29) is 11.3 Å². The molecule has 0 aromatic rings. The lowest BCUT2D eigenvalue weighted by molar-refractivity contribution is -0.136. The van der Waals surface area contributed by atoms with Crippen molar-refractivity contribution in [1.29, 1.82) is 0 Å². The summed E-state index contributed by atoms with van der Waals surface area (Å²) in [5.74, 6) is 0.218. The summed E-state index contributed by atoms with van der Waals surface area (Å²) in [6, 6.07) is 0. The molecule has 0 aliphatic carbocycles. The summed E-state index contributed by atoms with van der Waals surface area (Å²) < 4.78 is 0. The Morgan fingerprint density at radius 3 is 2.33 bits per heavy atom. The fourth-order valence-corrected chi connectivity index (χ4v) is 1.42. The second-order valence-electron chi connectivity index (χ2n) is 3.93. The first-order valence-electron chi connectivity index (χ1n) is 4.51. The van der Waals surface area contributed by atoms with Crippen molar-refractivity contribution in [2.75, 3.05) is 13.1 Å². The van der Waals surface area contributed by atoms with Crippen molar-refractivity contribution >= 4 is 5.91 Å². The molecule has 2 heteroatoms. The van der Waals surface area contributed by atoms with Gasteiger partial charge in [-0.05, 0) is 26.7 Å². The fourth-order valence-electron chi connectivity index (χ4n) is 1.42. The van der Waals surface area contributed by atoms with Crippen LogP contribution in [0.15, 0.2) is 12.7 Å². The SMILES string of the molecule is C=CC(C)(C)C(=O)N1CCCC1. The lowest BCUT2D eigenvalue weighted by atomic mass is 9.92. The second kappa shape index (κ2) is 3.30. The van der Waals surface area contributed by atoms with E-state index in [1.807, 2.05) is 18.7 Å². The van der Waals surface area contributed by atoms with E-state index in [4.69, 9.17) is 0 Å². The zero-order valence-electron chi connectivity index (χ0n) is 7.97. The van der Waals surface area contributed by atoms with Gasteiger partial charge >= 0.3 is 0 Å². The van der Waals surface area contributed by atoms with Crippen molar-refractivity contribution in [1.82, 2.24) is 4.90 Å². The minimum atomic E-state index is -0.385. The molecular weight excluding hydrogens is 150 g/mol. The Hall–Kier alpha value is -0.790. The van der Waals surface area contributed by atoms with Crippen LogP contribution >= 0.6 is 0 Å². The molecule has 0 radical (unpaired) electrons. The van der Waals surface area contributed by atoms with Crippen molar-refractivity contribution in [3.63, 3.8) is 0 Å². The number of carbonyl (C=O) groups excluding carboxylic acids is 1. The summed E-state index contributed by atoms with van der Waals surface area (Å²) in [7, 11) is 0. The zero-order chi connectivity index (χ0) is 9.19. The molecule has 1 aliphatic rings. The minimum absolute atomic E-state index is 0.218. The molecule has 1 rings (SSSR count). The van der Waals surface area contributed by atoms with Gasteiger partial charge in [-0.2, -0.15) is 0 Å². The molecule has 0 spiro atoms. The third-order valence-corrected chi connectivity index (χ3v) is 2.45. The third kappa shape index (κ3) is 1.68. The zero-order valence-corrected chi connectivity index (χ0v) is 7.97. The first-order chi connectivity index (χ1) is 5.58. The van der Waals surface area contributed by atoms with E-state index in [9.17, 15) is 4.79 Å². The summed E-state index contributed by atoms with van der Waals surface area (Å²) in [5, 5.41) is 0. The van der Waals surface area contributed by atoms with Gasteiger partial charge in [-0.1, -0.05) is 6.08 Å². The van der Waals surface area contributed by atoms with Gasteiger partial charge in [-0.15, -0.1) is 6.58 Å². The Labute approximate surface area is 74.2 Å². The summed E-state index contributed by atoms with van der Waals surface area (Å²) in [6.45, 7) is 9.37. The van der Waals surface area contributed by atoms with Crippen molar-refractivity contribution in [2.24, 2.45) is 5.41 Å². The second-order valence-corrected chi connectivity index (χ2v) is 3.93. The van der Waals surface area contributed by atoms with Gasteiger partial charge in [-0.3, -0.25) is 4.79 Å². The molecule has 2 nitrogen and oxygen atoms in total. The van der Waals surface area contributed by atoms with Crippen LogP contribution in [0.3, 0.4) is 0 Å². The largest absolute Gasteiger partial charge is 0.342 e. The summed E-state index contributed by atoms with van der Waals surface area (Å²) in [5.41, 5.74) is -0.385. The van der Waals surface area contributed by atoms with E-state index < -0.39 is 0 Å². The van der Waals surface area contributed by atoms with Crippen LogP contribution in [0.5, 0.6) is 0 Å². The number of nitrogens with zero attached hydrogens (tertiary/aromatic N) is 1. The molecule has 1 amide bonds. The molecule has 0 bridgehead atoms. The highest BCUT2D eigenvalue weighted by Crippen LogP contribution is 2.22. The van der Waals surface area contributed by atoms with Gasteiger partial charge in [0.2, 0.25) is 5.91 Å². The molecule has 0 aromatic heterocycles. The first-order valence-corrected chi connectivity index (χ1v) is 4.51. The van der Waals surface area contributed by atoms with E-state index >= 15 is 0 Å². The van der Waals surface area contributed by atoms with Crippen LogP contribution in [0.2, 0.25) is 0 Å². The highest BCUT2D eigenvalue weighted by molar-refractivity contribution is 5.83. The Bertz CT molecular complexity index is 190. The molecule has 0 aromatic carbocycles. The van der Waals surface area contributed by atoms with E-state index in [2.05, 4.69) is 6.58 Å². The van der Waals surface area contributed by atoms with Gasteiger partial charge in [0.15, 0.2) is 0 Å². The molecule has 68 valence electrons. The van der Waals surface area contributed by atoms with E-state index in [0.717, 1.165) is 25.9 Å². The van der Waals surface area contributed by atoms with Crippen molar-refractivity contribution in [3.05, 3.63) is 12.7 Å². The summed E-state index contributed by atoms with van der Waals surface area (Å²) >= 11 is 0. The molecule has 1 saturated heterocycles. The quantitative estimate of drug-likeness (QED) is 0.574. The lowest BCUT2D eigenvalue weighted by Crippen LogP contribution is -2.37. The molecular formula is C10H17NO. The summed E-state index contributed by atoms with van der Waals surface area (Å²) in [6.07, 6.45) is 4.03. The maximum atomic E-state index is 11.8. The van der Waals surface area contributed by atoms with Crippen molar-refractivity contribution < 1.29 is 4.79 Å². The topological polar surface area (TPSA) is 20.3 Å². The van der Waals surface area contributed by atoms with Gasteiger partial charge in [-0.25, -0.2) is 0 Å². The summed E-state index contributed by atoms with van der Waals surface area (Å²) in [4.78, 5) is 13.7. The van der Waals surface area contributed by atoms with Gasteiger partial charge in [0.25, 0.3) is 0 Å². The van der Waals surface area contributed by atoms with Crippen LogP contribution in [0.1, 0.15) is 26.7 Å². The first kappa shape index (κ1) is 9.30. The average Bonchev–Trinajstić information content (AvgIpc) is 2.55. The fraction of sp³-hybridized carbons (Fsp3) is 0.700. The molecule has 1 heterocycles. The molecule has 0 unspecified atom stereocenters. The number of carbonyl (C=O) groups is 1. The number of hydrogen-bond acceptors (Lipinski definition) is 1. The Kier molecular flexibility index (Phi) is 2.55. The highest BCUT2D eigenvalue weighted by atomic mass is 16.2. The highest BCUT2D eigenvalue weighted by Gasteiger charge is 2.30. The van der Waals surface area contributed by atoms with Crippen LogP contribution in [0, 0.1) is 5.41 Å². The maximum absolute atomic E-state index is 11.8. The number of rotatable bonds is 2. The molecule has 0 atom stereocenters. The number of amides is 1. The van der Waals surface area contributed by atoms with E-state index in [1.54, 1.807) is 6.08 Å². The Balaban J connectivity index is 2.62. The van der Waals surface area contributed by atoms with E-state index in [1.165, 1.54) is 0 Å². The van der Waals surface area contributed by atoms with Crippen LogP contribution < -0.4 is 0 Å². The van der Waals surface area contributed by atoms with Gasteiger partial charge in [0, 0.05) is 13.1 Å². The smallest absolute Gasteiger partial charge is 0.232 e. The normalized spacial score (nSPS) is 18.0. The van der Waals surface area contributed by atoms with Crippen LogP contribution in [-0.4, -0.2) is 23.9 Å². The molecule has 1 fully saturated rings. The van der Waals surface area contributed by atoms with Crippen molar-refractivity contribution in [3.8, 4) is 0 Å². The lowest BCUT2D eigenvalue weighted by Gasteiger charge is -2.25. The number of hydrogen-bond donors (Lipinski definition) is 0. The van der Waals surface area contributed by atoms with Crippen molar-refractivity contribution in [2.45, 2.75) is 26.7 Å². The van der Waals surface area contributed by atoms with Gasteiger partial charge < -0.3 is 4.90 Å². The molecule has 1 aliphatic heterocycles. The molecule has 0 saturated carbocycles. The number of likely N-dealkylation sites (tertiary alicyclic amines) is 1. The Morgan fingerprint density at radius 1 is 1.42 bits per heavy atom. The third-order valence-electron chi connectivity index (χ3n) is 2.45. The van der Waals surface area contributed by atoms with Crippen LogP contribution in [-0.2, 0) is 4.79 Å². The molecule has 12 heavy (non-hydrogen) atoms. The predicted octanol–water partition coefficient (Wildman–Crippen LogP) is 1.82. The predicted molar refractivity (Wildman–Crippen MR) is 49.8 cm³/mol. The monoisotopic (exact) mass is 167 g/mol. The van der Waals surface area contributed by atoms with Crippen LogP contribution in [0.4, 0.5) is 0 Å².